The molecule has 1 aromatic heterocycles. The molecule has 124 valence electrons. The Morgan fingerprint density at radius 2 is 1.71 bits per heavy atom. The van der Waals surface area contributed by atoms with Crippen LogP contribution in [0.5, 0.6) is 11.5 Å². The summed E-state index contributed by atoms with van der Waals surface area (Å²) in [7, 11) is 1.65. The minimum atomic E-state index is -0.0708. The number of methoxy groups -OCH3 is 1. The summed E-state index contributed by atoms with van der Waals surface area (Å²) in [5.41, 5.74) is 2.90. The molecule has 0 saturated heterocycles. The molecule has 3 aromatic rings. The van der Waals surface area contributed by atoms with Gasteiger partial charge in [0.2, 0.25) is 0 Å². The molecule has 0 aliphatic carbocycles. The largest absolute Gasteiger partial charge is 0.493 e. The molecule has 0 unspecified atom stereocenters. The number of ether oxygens (including phenoxy) is 2. The van der Waals surface area contributed by atoms with Crippen LogP contribution in [0.2, 0.25) is 0 Å². The zero-order valence-electron chi connectivity index (χ0n) is 14.5. The number of rotatable bonds is 4. The normalized spacial score (nSPS) is 11.5. The predicted octanol–water partition coefficient (Wildman–Crippen LogP) is 4.51. The molecule has 0 radical (unpaired) electrons. The van der Waals surface area contributed by atoms with Crippen LogP contribution in [0.1, 0.15) is 32.0 Å². The van der Waals surface area contributed by atoms with Crippen molar-refractivity contribution in [2.75, 3.05) is 7.11 Å². The molecular formula is C20H22N2O2. The fourth-order valence-electron chi connectivity index (χ4n) is 2.67. The first-order valence-electron chi connectivity index (χ1n) is 7.99. The molecule has 0 fully saturated rings. The van der Waals surface area contributed by atoms with E-state index in [0.29, 0.717) is 18.1 Å². The van der Waals surface area contributed by atoms with Crippen molar-refractivity contribution < 1.29 is 9.47 Å². The summed E-state index contributed by atoms with van der Waals surface area (Å²) >= 11 is 0. The van der Waals surface area contributed by atoms with E-state index in [2.05, 4.69) is 30.7 Å². The van der Waals surface area contributed by atoms with E-state index >= 15 is 0 Å². The summed E-state index contributed by atoms with van der Waals surface area (Å²) in [6.07, 6.45) is 1.61. The van der Waals surface area contributed by atoms with Gasteiger partial charge in [0.15, 0.2) is 11.5 Å². The van der Waals surface area contributed by atoms with E-state index in [4.69, 9.17) is 9.47 Å². The van der Waals surface area contributed by atoms with E-state index in [1.807, 2.05) is 42.5 Å². The zero-order valence-corrected chi connectivity index (χ0v) is 14.5. The predicted molar refractivity (Wildman–Crippen MR) is 95.6 cm³/mol. The average Bonchev–Trinajstić information content (AvgIpc) is 2.58. The van der Waals surface area contributed by atoms with Crippen LogP contribution in [0.3, 0.4) is 0 Å². The van der Waals surface area contributed by atoms with Crippen LogP contribution in [-0.2, 0) is 12.0 Å². The molecule has 1 heterocycles. The average molecular weight is 322 g/mol. The first kappa shape index (κ1) is 16.2. The Bertz CT molecular complexity index is 839. The van der Waals surface area contributed by atoms with Crippen LogP contribution < -0.4 is 9.47 Å². The minimum absolute atomic E-state index is 0.0708. The van der Waals surface area contributed by atoms with E-state index in [1.165, 1.54) is 0 Å². The van der Waals surface area contributed by atoms with Crippen molar-refractivity contribution in [2.45, 2.75) is 32.8 Å². The molecule has 4 nitrogen and oxygen atoms in total. The van der Waals surface area contributed by atoms with Gasteiger partial charge in [-0.15, -0.1) is 0 Å². The fourth-order valence-corrected chi connectivity index (χ4v) is 2.67. The summed E-state index contributed by atoms with van der Waals surface area (Å²) in [5, 5.41) is 0.994. The van der Waals surface area contributed by atoms with Crippen molar-refractivity contribution in [3.63, 3.8) is 0 Å². The number of hydrogen-bond donors (Lipinski definition) is 0. The third kappa shape index (κ3) is 3.32. The van der Waals surface area contributed by atoms with Gasteiger partial charge in [-0.2, -0.15) is 0 Å². The highest BCUT2D eigenvalue weighted by atomic mass is 16.5. The Morgan fingerprint density at radius 1 is 0.958 bits per heavy atom. The maximum Gasteiger partial charge on any atom is 0.163 e. The van der Waals surface area contributed by atoms with Crippen molar-refractivity contribution in [1.82, 2.24) is 9.97 Å². The van der Waals surface area contributed by atoms with Crippen LogP contribution >= 0.6 is 0 Å². The van der Waals surface area contributed by atoms with Gasteiger partial charge < -0.3 is 9.47 Å². The first-order chi connectivity index (χ1) is 11.5. The van der Waals surface area contributed by atoms with E-state index in [1.54, 1.807) is 13.4 Å². The number of fused-ring (bicyclic) bond motifs is 1. The molecule has 0 amide bonds. The van der Waals surface area contributed by atoms with Crippen LogP contribution in [-0.4, -0.2) is 17.1 Å². The van der Waals surface area contributed by atoms with Gasteiger partial charge in [-0.05, 0) is 11.6 Å². The number of hydrogen-bond acceptors (Lipinski definition) is 4. The van der Waals surface area contributed by atoms with Gasteiger partial charge in [-0.1, -0.05) is 51.1 Å². The summed E-state index contributed by atoms with van der Waals surface area (Å²) in [5.74, 6) is 1.38. The Kier molecular flexibility index (Phi) is 4.38. The molecule has 3 rings (SSSR count). The summed E-state index contributed by atoms with van der Waals surface area (Å²) in [6, 6.07) is 14.0. The quantitative estimate of drug-likeness (QED) is 0.708. The number of aromatic nitrogens is 2. The molecule has 0 aliphatic rings. The van der Waals surface area contributed by atoms with Gasteiger partial charge in [0.1, 0.15) is 12.9 Å². The lowest BCUT2D eigenvalue weighted by Gasteiger charge is -2.20. The van der Waals surface area contributed by atoms with E-state index in [-0.39, 0.29) is 5.41 Å². The van der Waals surface area contributed by atoms with Crippen LogP contribution in [0.25, 0.3) is 10.9 Å². The van der Waals surface area contributed by atoms with Gasteiger partial charge in [-0.25, -0.2) is 9.97 Å². The molecule has 0 spiro atoms. The molecule has 0 atom stereocenters. The third-order valence-corrected chi connectivity index (χ3v) is 3.87. The SMILES string of the molecule is COc1cc2c(C(C)(C)C)ncnc2cc1OCc1ccccc1. The topological polar surface area (TPSA) is 44.2 Å². The van der Waals surface area contributed by atoms with E-state index in [0.717, 1.165) is 22.2 Å². The Balaban J connectivity index is 2.00. The van der Waals surface area contributed by atoms with Gasteiger partial charge in [0, 0.05) is 16.9 Å². The third-order valence-electron chi connectivity index (χ3n) is 3.87. The lowest BCUT2D eigenvalue weighted by atomic mass is 9.89. The second-order valence-corrected chi connectivity index (χ2v) is 6.77. The standard InChI is InChI=1S/C20H22N2O2/c1-20(2,3)19-15-10-17(23-4)18(11-16(15)21-13-22-19)24-12-14-8-6-5-7-9-14/h5-11,13H,12H2,1-4H3. The van der Waals surface area contributed by atoms with Gasteiger partial charge in [-0.3, -0.25) is 0 Å². The molecule has 0 N–H and O–H groups in total. The Morgan fingerprint density at radius 3 is 2.38 bits per heavy atom. The lowest BCUT2D eigenvalue weighted by Crippen LogP contribution is -2.14. The van der Waals surface area contributed by atoms with Gasteiger partial charge in [0.25, 0.3) is 0 Å². The second kappa shape index (κ2) is 6.48. The van der Waals surface area contributed by atoms with Crippen molar-refractivity contribution in [3.8, 4) is 11.5 Å². The molecular weight excluding hydrogens is 300 g/mol. The minimum Gasteiger partial charge on any atom is -0.493 e. The van der Waals surface area contributed by atoms with Crippen LogP contribution in [0, 0.1) is 0 Å². The summed E-state index contributed by atoms with van der Waals surface area (Å²) < 4.78 is 11.5. The van der Waals surface area contributed by atoms with E-state index in [9.17, 15) is 0 Å². The lowest BCUT2D eigenvalue weighted by molar-refractivity contribution is 0.285. The van der Waals surface area contributed by atoms with Crippen molar-refractivity contribution in [1.29, 1.82) is 0 Å². The highest BCUT2D eigenvalue weighted by Crippen LogP contribution is 2.35. The monoisotopic (exact) mass is 322 g/mol. The molecule has 24 heavy (non-hydrogen) atoms. The molecule has 0 saturated carbocycles. The molecule has 0 aliphatic heterocycles. The Labute approximate surface area is 142 Å². The maximum atomic E-state index is 5.96. The van der Waals surface area contributed by atoms with Gasteiger partial charge >= 0.3 is 0 Å². The second-order valence-electron chi connectivity index (χ2n) is 6.77. The van der Waals surface area contributed by atoms with Crippen LogP contribution in [0.4, 0.5) is 0 Å². The fraction of sp³-hybridized carbons (Fsp3) is 0.300. The van der Waals surface area contributed by atoms with Crippen molar-refractivity contribution in [3.05, 3.63) is 60.0 Å². The molecule has 0 bridgehead atoms. The van der Waals surface area contributed by atoms with Crippen molar-refractivity contribution in [2.24, 2.45) is 0 Å². The Hall–Kier alpha value is -2.62. The highest BCUT2D eigenvalue weighted by molar-refractivity contribution is 5.85. The smallest absolute Gasteiger partial charge is 0.163 e. The molecule has 4 heteroatoms. The van der Waals surface area contributed by atoms with E-state index < -0.39 is 0 Å². The first-order valence-corrected chi connectivity index (χ1v) is 7.99. The number of benzene rings is 2. The number of nitrogens with zero attached hydrogens (tertiary/aromatic N) is 2. The zero-order chi connectivity index (χ0) is 17.2. The summed E-state index contributed by atoms with van der Waals surface area (Å²) in [6.45, 7) is 6.91. The van der Waals surface area contributed by atoms with Crippen molar-refractivity contribution >= 4 is 10.9 Å². The maximum absolute atomic E-state index is 5.96. The van der Waals surface area contributed by atoms with Crippen LogP contribution in [0.15, 0.2) is 48.8 Å². The molecule has 2 aromatic carbocycles. The highest BCUT2D eigenvalue weighted by Gasteiger charge is 2.20. The van der Waals surface area contributed by atoms with Gasteiger partial charge in [0.05, 0.1) is 18.3 Å². The summed E-state index contributed by atoms with van der Waals surface area (Å²) in [4.78, 5) is 8.87.